The third kappa shape index (κ3) is 3.69. The van der Waals surface area contributed by atoms with E-state index >= 15 is 0 Å². The molecule has 0 aliphatic carbocycles. The van der Waals surface area contributed by atoms with E-state index in [1.165, 1.54) is 36.7 Å². The summed E-state index contributed by atoms with van der Waals surface area (Å²) in [6.45, 7) is 0.163. The average Bonchev–Trinajstić information content (AvgIpc) is 2.82. The second kappa shape index (κ2) is 8.60. The molecule has 0 radical (unpaired) electrons. The Labute approximate surface area is 186 Å². The van der Waals surface area contributed by atoms with Gasteiger partial charge in [-0.15, -0.1) is 0 Å². The van der Waals surface area contributed by atoms with Crippen LogP contribution in [-0.4, -0.2) is 38.4 Å². The lowest BCUT2D eigenvalue weighted by atomic mass is 9.88. The van der Waals surface area contributed by atoms with Gasteiger partial charge in [-0.2, -0.15) is 4.31 Å². The standard InChI is InChI=1S/C23H22N2O6S/c1-30-21-14-16-12-13-24(32(28,29)17-8-4-3-5-9-17)23(19(16)15-22(21)31-2)18-10-6-7-11-20(18)25(26)27/h3-11,14-15,23H,12-13H2,1-2H3. The van der Waals surface area contributed by atoms with Gasteiger partial charge in [0.25, 0.3) is 5.69 Å². The summed E-state index contributed by atoms with van der Waals surface area (Å²) < 4.78 is 39.5. The van der Waals surface area contributed by atoms with Crippen LogP contribution in [0.15, 0.2) is 71.6 Å². The van der Waals surface area contributed by atoms with Gasteiger partial charge in [0.05, 0.1) is 35.6 Å². The highest BCUT2D eigenvalue weighted by Gasteiger charge is 2.40. The van der Waals surface area contributed by atoms with Crippen LogP contribution in [0.4, 0.5) is 5.69 Å². The maximum atomic E-state index is 13.6. The Morgan fingerprint density at radius 1 is 0.938 bits per heavy atom. The number of hydrogen-bond acceptors (Lipinski definition) is 6. The Kier molecular flexibility index (Phi) is 5.86. The van der Waals surface area contributed by atoms with E-state index in [2.05, 4.69) is 0 Å². The van der Waals surface area contributed by atoms with Crippen molar-refractivity contribution in [2.45, 2.75) is 17.4 Å². The number of rotatable bonds is 6. The van der Waals surface area contributed by atoms with Crippen molar-refractivity contribution in [2.75, 3.05) is 20.8 Å². The smallest absolute Gasteiger partial charge is 0.274 e. The highest BCUT2D eigenvalue weighted by Crippen LogP contribution is 2.45. The van der Waals surface area contributed by atoms with E-state index in [9.17, 15) is 18.5 Å². The van der Waals surface area contributed by atoms with Gasteiger partial charge in [0.1, 0.15) is 0 Å². The zero-order valence-corrected chi connectivity index (χ0v) is 18.4. The molecule has 0 bridgehead atoms. The SMILES string of the molecule is COc1cc2c(cc1OC)C(c1ccccc1[N+](=O)[O-])N(S(=O)(=O)c1ccccc1)CC2. The van der Waals surface area contributed by atoms with Gasteiger partial charge in [-0.25, -0.2) is 8.42 Å². The van der Waals surface area contributed by atoms with Crippen molar-refractivity contribution in [1.82, 2.24) is 4.31 Å². The Morgan fingerprint density at radius 3 is 2.22 bits per heavy atom. The summed E-state index contributed by atoms with van der Waals surface area (Å²) >= 11 is 0. The number of benzene rings is 3. The summed E-state index contributed by atoms with van der Waals surface area (Å²) in [5.41, 5.74) is 1.63. The minimum absolute atomic E-state index is 0.132. The number of nitro benzene ring substituents is 1. The van der Waals surface area contributed by atoms with Crippen LogP contribution in [-0.2, 0) is 16.4 Å². The number of hydrogen-bond donors (Lipinski definition) is 0. The first-order valence-corrected chi connectivity index (χ1v) is 11.4. The van der Waals surface area contributed by atoms with E-state index < -0.39 is 21.0 Å². The van der Waals surface area contributed by atoms with Crippen LogP contribution in [0.3, 0.4) is 0 Å². The van der Waals surface area contributed by atoms with E-state index in [4.69, 9.17) is 9.47 Å². The Bertz CT molecular complexity index is 1260. The maximum Gasteiger partial charge on any atom is 0.274 e. The van der Waals surface area contributed by atoms with Crippen molar-refractivity contribution in [3.63, 3.8) is 0 Å². The molecule has 0 saturated heterocycles. The number of methoxy groups -OCH3 is 2. The van der Waals surface area contributed by atoms with Crippen molar-refractivity contribution >= 4 is 15.7 Å². The molecule has 0 N–H and O–H groups in total. The first kappa shape index (κ1) is 21.8. The number of nitro groups is 1. The van der Waals surface area contributed by atoms with Gasteiger partial charge in [-0.1, -0.05) is 36.4 Å². The summed E-state index contributed by atoms with van der Waals surface area (Å²) in [6, 6.07) is 16.9. The van der Waals surface area contributed by atoms with Crippen molar-refractivity contribution in [1.29, 1.82) is 0 Å². The van der Waals surface area contributed by atoms with Gasteiger partial charge in [-0.05, 0) is 41.8 Å². The summed E-state index contributed by atoms with van der Waals surface area (Å²) in [5.74, 6) is 0.945. The normalized spacial score (nSPS) is 16.2. The lowest BCUT2D eigenvalue weighted by molar-refractivity contribution is -0.385. The van der Waals surface area contributed by atoms with E-state index in [0.717, 1.165) is 5.56 Å². The summed E-state index contributed by atoms with van der Waals surface area (Å²) in [6.07, 6.45) is 0.429. The zero-order chi connectivity index (χ0) is 22.9. The van der Waals surface area contributed by atoms with Crippen molar-refractivity contribution in [3.05, 3.63) is 93.5 Å². The molecule has 0 spiro atoms. The number of sulfonamides is 1. The molecule has 9 heteroatoms. The van der Waals surface area contributed by atoms with Crippen LogP contribution >= 0.6 is 0 Å². The number of ether oxygens (including phenoxy) is 2. The summed E-state index contributed by atoms with van der Waals surface area (Å²) in [5, 5.41) is 11.8. The first-order chi connectivity index (χ1) is 15.4. The minimum Gasteiger partial charge on any atom is -0.493 e. The largest absolute Gasteiger partial charge is 0.493 e. The minimum atomic E-state index is -3.94. The second-order valence-corrected chi connectivity index (χ2v) is 9.19. The molecule has 1 atom stereocenters. The molecule has 0 saturated carbocycles. The number of para-hydroxylation sites is 1. The zero-order valence-electron chi connectivity index (χ0n) is 17.6. The maximum absolute atomic E-state index is 13.6. The van der Waals surface area contributed by atoms with E-state index in [1.54, 1.807) is 42.5 Å². The lowest BCUT2D eigenvalue weighted by Crippen LogP contribution is -2.40. The van der Waals surface area contributed by atoms with Crippen LogP contribution < -0.4 is 9.47 Å². The van der Waals surface area contributed by atoms with Crippen LogP contribution in [0.2, 0.25) is 0 Å². The quantitative estimate of drug-likeness (QED) is 0.413. The average molecular weight is 455 g/mol. The molecule has 4 rings (SSSR count). The van der Waals surface area contributed by atoms with Crippen LogP contribution in [0.25, 0.3) is 0 Å². The van der Waals surface area contributed by atoms with E-state index in [0.29, 0.717) is 29.0 Å². The molecule has 1 heterocycles. The molecule has 0 aromatic heterocycles. The van der Waals surface area contributed by atoms with Crippen LogP contribution in [0.1, 0.15) is 22.7 Å². The topological polar surface area (TPSA) is 99.0 Å². The van der Waals surface area contributed by atoms with Gasteiger partial charge in [-0.3, -0.25) is 10.1 Å². The molecule has 1 unspecified atom stereocenters. The molecular weight excluding hydrogens is 432 g/mol. The highest BCUT2D eigenvalue weighted by atomic mass is 32.2. The molecule has 0 fully saturated rings. The fourth-order valence-electron chi connectivity index (χ4n) is 4.12. The third-order valence-corrected chi connectivity index (χ3v) is 7.49. The van der Waals surface area contributed by atoms with Crippen molar-refractivity contribution in [2.24, 2.45) is 0 Å². The third-order valence-electron chi connectivity index (χ3n) is 5.61. The molecule has 8 nitrogen and oxygen atoms in total. The molecule has 1 aliphatic heterocycles. The molecule has 0 amide bonds. The number of fused-ring (bicyclic) bond motifs is 1. The van der Waals surface area contributed by atoms with Gasteiger partial charge in [0, 0.05) is 12.6 Å². The van der Waals surface area contributed by atoms with Gasteiger partial charge < -0.3 is 9.47 Å². The molecule has 3 aromatic rings. The van der Waals surface area contributed by atoms with Gasteiger partial charge in [0.2, 0.25) is 10.0 Å². The monoisotopic (exact) mass is 454 g/mol. The molecule has 32 heavy (non-hydrogen) atoms. The summed E-state index contributed by atoms with van der Waals surface area (Å²) in [4.78, 5) is 11.5. The van der Waals surface area contributed by atoms with E-state index in [1.807, 2.05) is 6.07 Å². The molecule has 1 aliphatic rings. The van der Waals surface area contributed by atoms with Crippen molar-refractivity contribution in [3.8, 4) is 11.5 Å². The van der Waals surface area contributed by atoms with Gasteiger partial charge >= 0.3 is 0 Å². The van der Waals surface area contributed by atoms with Crippen LogP contribution in [0, 0.1) is 10.1 Å². The second-order valence-electron chi connectivity index (χ2n) is 7.30. The molecular formula is C23H22N2O6S. The first-order valence-electron chi connectivity index (χ1n) is 9.93. The van der Waals surface area contributed by atoms with Gasteiger partial charge in [0.15, 0.2) is 11.5 Å². The van der Waals surface area contributed by atoms with Crippen LogP contribution in [0.5, 0.6) is 11.5 Å². The highest BCUT2D eigenvalue weighted by molar-refractivity contribution is 7.89. The fraction of sp³-hybridized carbons (Fsp3) is 0.217. The lowest BCUT2D eigenvalue weighted by Gasteiger charge is -2.36. The fourth-order valence-corrected chi connectivity index (χ4v) is 5.73. The Hall–Kier alpha value is -3.43. The Balaban J connectivity index is 1.98. The summed E-state index contributed by atoms with van der Waals surface area (Å²) in [7, 11) is -0.923. The Morgan fingerprint density at radius 2 is 1.56 bits per heavy atom. The van der Waals surface area contributed by atoms with E-state index in [-0.39, 0.29) is 17.1 Å². The predicted octanol–water partition coefficient (Wildman–Crippen LogP) is 3.95. The van der Waals surface area contributed by atoms with Crippen molar-refractivity contribution < 1.29 is 22.8 Å². The number of nitrogens with zero attached hydrogens (tertiary/aromatic N) is 2. The predicted molar refractivity (Wildman–Crippen MR) is 119 cm³/mol. The molecule has 166 valence electrons. The molecule has 3 aromatic carbocycles.